The molecule has 0 radical (unpaired) electrons. The maximum absolute atomic E-state index is 12.5. The lowest BCUT2D eigenvalue weighted by Crippen LogP contribution is -2.17. The van der Waals surface area contributed by atoms with Crippen LogP contribution in [0.25, 0.3) is 33.5 Å². The van der Waals surface area contributed by atoms with Crippen LogP contribution in [-0.2, 0) is 16.6 Å². The number of benzene rings is 1. The van der Waals surface area contributed by atoms with Gasteiger partial charge >= 0.3 is 0 Å². The molecule has 5 aromatic heterocycles. The van der Waals surface area contributed by atoms with Crippen molar-refractivity contribution in [2.75, 3.05) is 5.32 Å². The zero-order chi connectivity index (χ0) is 28.8. The van der Waals surface area contributed by atoms with Crippen LogP contribution in [0.3, 0.4) is 0 Å². The normalized spacial score (nSPS) is 13.7. The van der Waals surface area contributed by atoms with E-state index in [-0.39, 0.29) is 11.3 Å². The number of nitrogens with one attached hydrogen (secondary N) is 1. The van der Waals surface area contributed by atoms with Crippen LogP contribution in [0.4, 0.5) is 11.6 Å². The molecule has 7 rings (SSSR count). The van der Waals surface area contributed by atoms with Crippen molar-refractivity contribution in [3.8, 4) is 22.6 Å². The van der Waals surface area contributed by atoms with E-state index in [1.807, 2.05) is 30.5 Å². The van der Waals surface area contributed by atoms with Crippen LogP contribution in [0.15, 0.2) is 79.6 Å². The van der Waals surface area contributed by atoms with Gasteiger partial charge in [0.1, 0.15) is 17.3 Å². The van der Waals surface area contributed by atoms with Gasteiger partial charge in [-0.15, -0.1) is 0 Å². The van der Waals surface area contributed by atoms with Crippen molar-refractivity contribution < 1.29 is 8.42 Å². The van der Waals surface area contributed by atoms with Gasteiger partial charge < -0.3 is 9.88 Å². The summed E-state index contributed by atoms with van der Waals surface area (Å²) in [6.07, 6.45) is 11.6. The van der Waals surface area contributed by atoms with E-state index in [0.717, 1.165) is 31.8 Å². The minimum Gasteiger partial charge on any atom is -0.344 e. The molecule has 1 aliphatic carbocycles. The quantitative estimate of drug-likeness (QED) is 0.259. The van der Waals surface area contributed by atoms with Crippen molar-refractivity contribution in [3.63, 3.8) is 0 Å². The minimum absolute atomic E-state index is 0.199. The van der Waals surface area contributed by atoms with Gasteiger partial charge in [-0.25, -0.2) is 23.4 Å². The first-order chi connectivity index (χ1) is 20.3. The van der Waals surface area contributed by atoms with Gasteiger partial charge in [-0.3, -0.25) is 0 Å². The standard InChI is InChI=1S/C29H28N10O2S/c1-19(2)37-18-24(25-15-32-38(36-25)16-20-6-4-3-5-7-20)23-14-31-28(12-26(23)37)34-27-10-11-30-29(35-27)21-13-33-39(17-21)42(40,41)22-8-9-22/h3-7,10-15,17-19,22H,8-9,16H2,1-2H3,(H,30,31,34,35). The number of rotatable bonds is 9. The molecule has 0 unspecified atom stereocenters. The number of fused-ring (bicyclic) bond motifs is 1. The lowest BCUT2D eigenvalue weighted by molar-refractivity contribution is 0.578. The second-order valence-electron chi connectivity index (χ2n) is 10.6. The summed E-state index contributed by atoms with van der Waals surface area (Å²) in [5.74, 6) is 1.50. The Hall–Kier alpha value is -4.91. The van der Waals surface area contributed by atoms with Crippen molar-refractivity contribution in [1.82, 2.24) is 43.7 Å². The molecule has 0 bridgehead atoms. The van der Waals surface area contributed by atoms with E-state index < -0.39 is 10.0 Å². The van der Waals surface area contributed by atoms with Crippen LogP contribution in [0.1, 0.15) is 38.3 Å². The maximum Gasteiger partial charge on any atom is 0.256 e. The van der Waals surface area contributed by atoms with Crippen LogP contribution in [0.2, 0.25) is 0 Å². The molecule has 0 atom stereocenters. The van der Waals surface area contributed by atoms with Crippen LogP contribution in [0.5, 0.6) is 0 Å². The van der Waals surface area contributed by atoms with Crippen molar-refractivity contribution in [2.24, 2.45) is 0 Å². The van der Waals surface area contributed by atoms with E-state index in [1.165, 1.54) is 12.4 Å². The number of nitrogens with zero attached hydrogens (tertiary/aromatic N) is 9. The third kappa shape index (κ3) is 4.91. The molecule has 5 heterocycles. The Morgan fingerprint density at radius 1 is 0.976 bits per heavy atom. The van der Waals surface area contributed by atoms with E-state index in [2.05, 4.69) is 67.2 Å². The summed E-state index contributed by atoms with van der Waals surface area (Å²) in [5.41, 5.74) is 4.38. The molecule has 0 saturated heterocycles. The third-order valence-electron chi connectivity index (χ3n) is 7.19. The maximum atomic E-state index is 12.5. The Kier molecular flexibility index (Phi) is 6.30. The molecular weight excluding hydrogens is 552 g/mol. The minimum atomic E-state index is -3.46. The first-order valence-electron chi connectivity index (χ1n) is 13.7. The molecule has 1 saturated carbocycles. The molecule has 1 N–H and O–H groups in total. The second-order valence-corrected chi connectivity index (χ2v) is 12.7. The fraction of sp³-hybridized carbons (Fsp3) is 0.241. The lowest BCUT2D eigenvalue weighted by atomic mass is 10.2. The van der Waals surface area contributed by atoms with Crippen molar-refractivity contribution >= 4 is 32.6 Å². The number of anilines is 2. The van der Waals surface area contributed by atoms with E-state index in [0.29, 0.717) is 42.4 Å². The molecule has 13 heteroatoms. The Labute approximate surface area is 242 Å². The highest BCUT2D eigenvalue weighted by molar-refractivity contribution is 7.90. The van der Waals surface area contributed by atoms with E-state index in [4.69, 9.17) is 5.10 Å². The summed E-state index contributed by atoms with van der Waals surface area (Å²) in [6, 6.07) is 14.0. The molecule has 1 fully saturated rings. The average molecular weight is 581 g/mol. The van der Waals surface area contributed by atoms with Crippen LogP contribution in [-0.4, -0.2) is 57.4 Å². The molecule has 1 aromatic carbocycles. The Morgan fingerprint density at radius 3 is 2.60 bits per heavy atom. The third-order valence-corrected chi connectivity index (χ3v) is 9.23. The predicted octanol–water partition coefficient (Wildman–Crippen LogP) is 4.66. The molecular formula is C29H28N10O2S. The molecule has 0 spiro atoms. The Bertz CT molecular complexity index is 2010. The highest BCUT2D eigenvalue weighted by Gasteiger charge is 2.37. The van der Waals surface area contributed by atoms with Crippen LogP contribution < -0.4 is 5.32 Å². The summed E-state index contributed by atoms with van der Waals surface area (Å²) in [6.45, 7) is 4.85. The van der Waals surface area contributed by atoms with Gasteiger partial charge in [0.2, 0.25) is 0 Å². The molecule has 212 valence electrons. The summed E-state index contributed by atoms with van der Waals surface area (Å²) in [5, 5.41) is 17.2. The van der Waals surface area contributed by atoms with Gasteiger partial charge in [0.05, 0.1) is 41.5 Å². The first kappa shape index (κ1) is 26.0. The monoisotopic (exact) mass is 580 g/mol. The first-order valence-corrected chi connectivity index (χ1v) is 15.2. The molecule has 1 aliphatic rings. The number of hydrogen-bond acceptors (Lipinski definition) is 9. The van der Waals surface area contributed by atoms with Crippen molar-refractivity contribution in [2.45, 2.75) is 44.5 Å². The summed E-state index contributed by atoms with van der Waals surface area (Å²) in [7, 11) is -3.46. The van der Waals surface area contributed by atoms with Gasteiger partial charge in [-0.1, -0.05) is 30.3 Å². The molecule has 42 heavy (non-hydrogen) atoms. The van der Waals surface area contributed by atoms with Crippen LogP contribution >= 0.6 is 0 Å². The lowest BCUT2D eigenvalue weighted by Gasteiger charge is -2.10. The smallest absolute Gasteiger partial charge is 0.256 e. The predicted molar refractivity (Wildman–Crippen MR) is 159 cm³/mol. The zero-order valence-electron chi connectivity index (χ0n) is 23.0. The number of aromatic nitrogens is 9. The van der Waals surface area contributed by atoms with E-state index >= 15 is 0 Å². The SMILES string of the molecule is CC(C)n1cc(-c2cnn(Cc3ccccc3)n2)c2cnc(Nc3ccnc(-c4cnn(S(=O)(=O)C5CC5)c4)n3)cc21. The van der Waals surface area contributed by atoms with Crippen molar-refractivity contribution in [1.29, 1.82) is 0 Å². The summed E-state index contributed by atoms with van der Waals surface area (Å²) < 4.78 is 28.3. The van der Waals surface area contributed by atoms with Crippen LogP contribution in [0, 0.1) is 0 Å². The van der Waals surface area contributed by atoms with Gasteiger partial charge in [-0.2, -0.15) is 24.2 Å². The largest absolute Gasteiger partial charge is 0.344 e. The Balaban J connectivity index is 1.16. The van der Waals surface area contributed by atoms with E-state index in [1.54, 1.807) is 23.3 Å². The average Bonchev–Trinajstić information content (AvgIpc) is 3.37. The number of hydrogen-bond donors (Lipinski definition) is 1. The molecule has 0 aliphatic heterocycles. The molecule has 12 nitrogen and oxygen atoms in total. The summed E-state index contributed by atoms with van der Waals surface area (Å²) in [4.78, 5) is 15.3. The topological polar surface area (TPSA) is 138 Å². The highest BCUT2D eigenvalue weighted by Crippen LogP contribution is 2.33. The van der Waals surface area contributed by atoms with Gasteiger partial charge in [-0.05, 0) is 38.3 Å². The highest BCUT2D eigenvalue weighted by atomic mass is 32.2. The number of pyridine rings is 1. The van der Waals surface area contributed by atoms with Gasteiger partial charge in [0.15, 0.2) is 5.82 Å². The van der Waals surface area contributed by atoms with E-state index in [9.17, 15) is 8.42 Å². The fourth-order valence-electron chi connectivity index (χ4n) is 4.86. The zero-order valence-corrected chi connectivity index (χ0v) is 23.8. The van der Waals surface area contributed by atoms with Gasteiger partial charge in [0.25, 0.3) is 10.0 Å². The second kappa shape index (κ2) is 10.2. The van der Waals surface area contributed by atoms with Crippen molar-refractivity contribution in [3.05, 3.63) is 85.2 Å². The summed E-state index contributed by atoms with van der Waals surface area (Å²) >= 11 is 0. The Morgan fingerprint density at radius 2 is 1.81 bits per heavy atom. The molecule has 0 amide bonds. The fourth-order valence-corrected chi connectivity index (χ4v) is 6.34. The van der Waals surface area contributed by atoms with Gasteiger partial charge in [0, 0.05) is 41.6 Å². The molecule has 6 aromatic rings.